The molecule has 1 saturated heterocycles. The Morgan fingerprint density at radius 2 is 1.83 bits per heavy atom. The fourth-order valence-corrected chi connectivity index (χ4v) is 3.20. The van der Waals surface area contributed by atoms with Crippen LogP contribution in [0.3, 0.4) is 0 Å². The Balaban J connectivity index is 1.78. The second-order valence-electron chi connectivity index (χ2n) is 5.76. The first-order valence-corrected chi connectivity index (χ1v) is 8.96. The molecule has 0 atom stereocenters. The molecule has 1 aliphatic rings. The second kappa shape index (κ2) is 8.42. The molecular formula is C19H21BrN2O2. The summed E-state index contributed by atoms with van der Waals surface area (Å²) in [5.74, 6) is 0.0239. The third-order valence-electron chi connectivity index (χ3n) is 4.13. The minimum atomic E-state index is 0.0239. The molecule has 2 aromatic rings. The number of carbonyl (C=O) groups excluding carboxylic acids is 1. The Kier molecular flexibility index (Phi) is 6.01. The standard InChI is InChI=1S/C19H21BrN2O2/c20-17-6-4-5-16(15-17)19(23)22(18-7-2-1-3-8-18)10-9-21-11-13-24-14-12-21/h1-8,15H,9-14H2. The van der Waals surface area contributed by atoms with Crippen molar-refractivity contribution in [3.63, 3.8) is 0 Å². The first-order chi connectivity index (χ1) is 11.7. The van der Waals surface area contributed by atoms with E-state index in [1.54, 1.807) is 0 Å². The van der Waals surface area contributed by atoms with Gasteiger partial charge in [0.2, 0.25) is 0 Å². The molecule has 0 radical (unpaired) electrons. The highest BCUT2D eigenvalue weighted by atomic mass is 79.9. The van der Waals surface area contributed by atoms with Crippen molar-refractivity contribution in [2.75, 3.05) is 44.3 Å². The predicted octanol–water partition coefficient (Wildman–Crippen LogP) is 3.43. The highest BCUT2D eigenvalue weighted by molar-refractivity contribution is 9.10. The van der Waals surface area contributed by atoms with E-state index < -0.39 is 0 Å². The topological polar surface area (TPSA) is 32.8 Å². The number of ether oxygens (including phenoxy) is 1. The van der Waals surface area contributed by atoms with Crippen LogP contribution < -0.4 is 4.90 Å². The molecule has 5 heteroatoms. The predicted molar refractivity (Wildman–Crippen MR) is 99.5 cm³/mol. The fourth-order valence-electron chi connectivity index (χ4n) is 2.80. The summed E-state index contributed by atoms with van der Waals surface area (Å²) in [5, 5.41) is 0. The largest absolute Gasteiger partial charge is 0.379 e. The second-order valence-corrected chi connectivity index (χ2v) is 6.67. The summed E-state index contributed by atoms with van der Waals surface area (Å²) >= 11 is 3.44. The zero-order valence-corrected chi connectivity index (χ0v) is 15.1. The van der Waals surface area contributed by atoms with E-state index in [4.69, 9.17) is 4.74 Å². The molecule has 1 amide bonds. The smallest absolute Gasteiger partial charge is 0.258 e. The number of anilines is 1. The summed E-state index contributed by atoms with van der Waals surface area (Å²) in [7, 11) is 0. The average Bonchev–Trinajstić information content (AvgIpc) is 2.63. The lowest BCUT2D eigenvalue weighted by Crippen LogP contribution is -2.43. The van der Waals surface area contributed by atoms with Crippen LogP contribution in [0, 0.1) is 0 Å². The number of nitrogens with zero attached hydrogens (tertiary/aromatic N) is 2. The maximum Gasteiger partial charge on any atom is 0.258 e. The van der Waals surface area contributed by atoms with Crippen LogP contribution in [-0.2, 0) is 4.74 Å². The van der Waals surface area contributed by atoms with Crippen molar-refractivity contribution in [3.05, 3.63) is 64.6 Å². The Morgan fingerprint density at radius 1 is 1.08 bits per heavy atom. The summed E-state index contributed by atoms with van der Waals surface area (Å²) in [5.41, 5.74) is 1.62. The first-order valence-electron chi connectivity index (χ1n) is 8.16. The number of rotatable bonds is 5. The lowest BCUT2D eigenvalue weighted by Gasteiger charge is -2.30. The molecule has 24 heavy (non-hydrogen) atoms. The fraction of sp³-hybridized carbons (Fsp3) is 0.316. The zero-order valence-electron chi connectivity index (χ0n) is 13.5. The monoisotopic (exact) mass is 388 g/mol. The zero-order chi connectivity index (χ0) is 16.8. The van der Waals surface area contributed by atoms with Gasteiger partial charge in [0.15, 0.2) is 0 Å². The van der Waals surface area contributed by atoms with Crippen LogP contribution in [0.15, 0.2) is 59.1 Å². The van der Waals surface area contributed by atoms with Gasteiger partial charge in [0.1, 0.15) is 0 Å². The van der Waals surface area contributed by atoms with Crippen molar-refractivity contribution >= 4 is 27.5 Å². The molecule has 0 N–H and O–H groups in total. The molecule has 4 nitrogen and oxygen atoms in total. The minimum absolute atomic E-state index is 0.0239. The molecular weight excluding hydrogens is 368 g/mol. The van der Waals surface area contributed by atoms with Crippen LogP contribution in [-0.4, -0.2) is 50.2 Å². The molecule has 0 aliphatic carbocycles. The van der Waals surface area contributed by atoms with Gasteiger partial charge in [-0.2, -0.15) is 0 Å². The summed E-state index contributed by atoms with van der Waals surface area (Å²) in [6.45, 7) is 4.89. The number of morpholine rings is 1. The highest BCUT2D eigenvalue weighted by Crippen LogP contribution is 2.19. The van der Waals surface area contributed by atoms with Gasteiger partial charge < -0.3 is 9.64 Å². The number of halogens is 1. The maximum atomic E-state index is 13.0. The number of hydrogen-bond acceptors (Lipinski definition) is 3. The van der Waals surface area contributed by atoms with Gasteiger partial charge in [-0.1, -0.05) is 40.2 Å². The number of hydrogen-bond donors (Lipinski definition) is 0. The molecule has 1 aliphatic heterocycles. The van der Waals surface area contributed by atoms with Gasteiger partial charge in [-0.3, -0.25) is 9.69 Å². The quantitative estimate of drug-likeness (QED) is 0.786. The Morgan fingerprint density at radius 3 is 2.54 bits per heavy atom. The van der Waals surface area contributed by atoms with E-state index >= 15 is 0 Å². The van der Waals surface area contributed by atoms with E-state index in [1.165, 1.54) is 0 Å². The van der Waals surface area contributed by atoms with Crippen LogP contribution in [0.5, 0.6) is 0 Å². The molecule has 1 heterocycles. The SMILES string of the molecule is O=C(c1cccc(Br)c1)N(CCN1CCOCC1)c1ccccc1. The van der Waals surface area contributed by atoms with Gasteiger partial charge in [-0.25, -0.2) is 0 Å². The number of benzene rings is 2. The van der Waals surface area contributed by atoms with Gasteiger partial charge in [-0.15, -0.1) is 0 Å². The van der Waals surface area contributed by atoms with Crippen LogP contribution >= 0.6 is 15.9 Å². The van der Waals surface area contributed by atoms with Crippen LogP contribution in [0.4, 0.5) is 5.69 Å². The molecule has 0 unspecified atom stereocenters. The molecule has 126 valence electrons. The number of para-hydroxylation sites is 1. The maximum absolute atomic E-state index is 13.0. The molecule has 0 bridgehead atoms. The van der Waals surface area contributed by atoms with Crippen molar-refractivity contribution in [2.24, 2.45) is 0 Å². The highest BCUT2D eigenvalue weighted by Gasteiger charge is 2.19. The lowest BCUT2D eigenvalue weighted by molar-refractivity contribution is 0.0391. The van der Waals surface area contributed by atoms with Gasteiger partial charge in [0.25, 0.3) is 5.91 Å². The molecule has 0 spiro atoms. The molecule has 0 aromatic heterocycles. The van der Waals surface area contributed by atoms with Crippen LogP contribution in [0.1, 0.15) is 10.4 Å². The summed E-state index contributed by atoms with van der Waals surface area (Å²) in [4.78, 5) is 17.2. The van der Waals surface area contributed by atoms with Gasteiger partial charge >= 0.3 is 0 Å². The first kappa shape index (κ1) is 17.1. The van der Waals surface area contributed by atoms with E-state index in [0.717, 1.165) is 43.0 Å². The van der Waals surface area contributed by atoms with E-state index in [-0.39, 0.29) is 5.91 Å². The van der Waals surface area contributed by atoms with Crippen molar-refractivity contribution in [1.82, 2.24) is 4.90 Å². The normalized spacial score (nSPS) is 15.2. The van der Waals surface area contributed by atoms with Crippen LogP contribution in [0.2, 0.25) is 0 Å². The molecule has 0 saturated carbocycles. The number of carbonyl (C=O) groups is 1. The third-order valence-corrected chi connectivity index (χ3v) is 4.62. The summed E-state index contributed by atoms with van der Waals surface area (Å²) in [6, 6.07) is 17.4. The van der Waals surface area contributed by atoms with Gasteiger partial charge in [0.05, 0.1) is 13.2 Å². The molecule has 2 aromatic carbocycles. The van der Waals surface area contributed by atoms with Crippen LogP contribution in [0.25, 0.3) is 0 Å². The lowest BCUT2D eigenvalue weighted by atomic mass is 10.1. The van der Waals surface area contributed by atoms with Gasteiger partial charge in [0, 0.05) is 41.9 Å². The summed E-state index contributed by atoms with van der Waals surface area (Å²) in [6.07, 6.45) is 0. The van der Waals surface area contributed by atoms with E-state index in [9.17, 15) is 4.79 Å². The minimum Gasteiger partial charge on any atom is -0.379 e. The van der Waals surface area contributed by atoms with Crippen molar-refractivity contribution in [2.45, 2.75) is 0 Å². The van der Waals surface area contributed by atoms with Crippen molar-refractivity contribution in [1.29, 1.82) is 0 Å². The van der Waals surface area contributed by atoms with E-state index in [0.29, 0.717) is 12.1 Å². The Bertz CT molecular complexity index is 672. The van der Waals surface area contributed by atoms with Gasteiger partial charge in [-0.05, 0) is 30.3 Å². The Hall–Kier alpha value is -1.69. The van der Waals surface area contributed by atoms with Crippen molar-refractivity contribution < 1.29 is 9.53 Å². The van der Waals surface area contributed by atoms with E-state index in [1.807, 2.05) is 59.5 Å². The number of amides is 1. The Labute approximate surface area is 151 Å². The molecule has 3 rings (SSSR count). The molecule has 1 fully saturated rings. The van der Waals surface area contributed by atoms with E-state index in [2.05, 4.69) is 20.8 Å². The summed E-state index contributed by atoms with van der Waals surface area (Å²) < 4.78 is 6.31. The third kappa shape index (κ3) is 4.44. The average molecular weight is 389 g/mol. The van der Waals surface area contributed by atoms with Crippen molar-refractivity contribution in [3.8, 4) is 0 Å².